The molecule has 1 heterocycles. The zero-order chi connectivity index (χ0) is 16.2. The van der Waals surface area contributed by atoms with Crippen molar-refractivity contribution < 1.29 is 9.59 Å². The monoisotopic (exact) mass is 323 g/mol. The van der Waals surface area contributed by atoms with Gasteiger partial charge < -0.3 is 5.09 Å². The van der Waals surface area contributed by atoms with Gasteiger partial charge in [0.2, 0.25) is 5.91 Å². The fraction of sp³-hybridized carbons (Fsp3) is 0.158. The Balaban J connectivity index is 1.83. The van der Waals surface area contributed by atoms with E-state index in [4.69, 9.17) is 0 Å². The molecule has 0 fully saturated rings. The Bertz CT molecular complexity index is 768. The lowest BCUT2D eigenvalue weighted by atomic mass is 9.95. The van der Waals surface area contributed by atoms with Crippen molar-refractivity contribution >= 4 is 20.4 Å². The highest BCUT2D eigenvalue weighted by Crippen LogP contribution is 2.25. The van der Waals surface area contributed by atoms with Crippen LogP contribution in [0.5, 0.6) is 0 Å². The van der Waals surface area contributed by atoms with Crippen molar-refractivity contribution in [3.05, 3.63) is 82.9 Å². The fourth-order valence-corrected chi connectivity index (χ4v) is 3.56. The Morgan fingerprint density at radius 1 is 1.17 bits per heavy atom. The first-order valence-electron chi connectivity index (χ1n) is 7.56. The highest BCUT2D eigenvalue weighted by atomic mass is 31.1. The summed E-state index contributed by atoms with van der Waals surface area (Å²) in [6.07, 6.45) is 4.37. The summed E-state index contributed by atoms with van der Waals surface area (Å²) in [5.41, 5.74) is 3.86. The van der Waals surface area contributed by atoms with Crippen molar-refractivity contribution in [3.63, 3.8) is 0 Å². The van der Waals surface area contributed by atoms with E-state index in [-0.39, 0.29) is 11.7 Å². The van der Waals surface area contributed by atoms with Gasteiger partial charge in [-0.15, -0.1) is 0 Å². The molecule has 0 aromatic heterocycles. The predicted octanol–water partition coefficient (Wildman–Crippen LogP) is 3.42. The highest BCUT2D eigenvalue weighted by Gasteiger charge is 2.16. The van der Waals surface area contributed by atoms with E-state index in [1.54, 1.807) is 6.08 Å². The molecule has 0 saturated heterocycles. The summed E-state index contributed by atoms with van der Waals surface area (Å²) in [6.45, 7) is 1.96. The molecule has 1 aliphatic rings. The molecule has 3 rings (SSSR count). The molecule has 2 aromatic rings. The fourth-order valence-electron chi connectivity index (χ4n) is 2.62. The van der Waals surface area contributed by atoms with Crippen LogP contribution in [-0.4, -0.2) is 17.3 Å². The number of hydrogen-bond donors (Lipinski definition) is 1. The average Bonchev–Trinajstić information content (AvgIpc) is 2.59. The molecule has 0 radical (unpaired) electrons. The first-order chi connectivity index (χ1) is 11.1. The summed E-state index contributed by atoms with van der Waals surface area (Å²) in [5, 5.41) is 2.86. The van der Waals surface area contributed by atoms with Gasteiger partial charge in [-0.2, -0.15) is 0 Å². The van der Waals surface area contributed by atoms with Gasteiger partial charge in [-0.05, 0) is 45.3 Å². The van der Waals surface area contributed by atoms with Crippen LogP contribution in [0.25, 0.3) is 0 Å². The van der Waals surface area contributed by atoms with Crippen LogP contribution < -0.4 is 5.09 Å². The molecule has 1 aliphatic heterocycles. The molecule has 0 aliphatic carbocycles. The van der Waals surface area contributed by atoms with Crippen molar-refractivity contribution in [3.8, 4) is 0 Å². The van der Waals surface area contributed by atoms with E-state index in [1.165, 1.54) is 0 Å². The molecule has 4 heteroatoms. The van der Waals surface area contributed by atoms with E-state index in [2.05, 4.69) is 11.2 Å². The molecule has 23 heavy (non-hydrogen) atoms. The predicted molar refractivity (Wildman–Crippen MR) is 94.1 cm³/mol. The van der Waals surface area contributed by atoms with E-state index in [0.29, 0.717) is 20.0 Å². The number of carbonyl (C=O) groups excluding carboxylic acids is 2. The van der Waals surface area contributed by atoms with Gasteiger partial charge >= 0.3 is 0 Å². The normalized spacial score (nSPS) is 18.0. The molecule has 3 nitrogen and oxygen atoms in total. The Labute approximate surface area is 137 Å². The van der Waals surface area contributed by atoms with Crippen LogP contribution >= 0.6 is 8.73 Å². The van der Waals surface area contributed by atoms with Gasteiger partial charge in [0.15, 0.2) is 5.78 Å². The molecular weight excluding hydrogens is 305 g/mol. The van der Waals surface area contributed by atoms with Crippen molar-refractivity contribution in [1.82, 2.24) is 5.09 Å². The summed E-state index contributed by atoms with van der Waals surface area (Å²) in [5.74, 6) is 0.0309. The average molecular weight is 323 g/mol. The molecular formula is C19H18NO2P. The SMILES string of the molecule is Cc1ccc(CC2C=CC(=O)NP2)cc1C(=O)c1ccccc1. The van der Waals surface area contributed by atoms with Crippen LogP contribution in [0, 0.1) is 6.92 Å². The molecule has 0 bridgehead atoms. The van der Waals surface area contributed by atoms with Crippen LogP contribution in [0.3, 0.4) is 0 Å². The second-order valence-electron chi connectivity index (χ2n) is 5.65. The highest BCUT2D eigenvalue weighted by molar-refractivity contribution is 7.38. The van der Waals surface area contributed by atoms with Gasteiger partial charge in [-0.25, -0.2) is 0 Å². The van der Waals surface area contributed by atoms with Gasteiger partial charge in [-0.1, -0.05) is 48.5 Å². The number of carbonyl (C=O) groups is 2. The van der Waals surface area contributed by atoms with E-state index in [1.807, 2.05) is 55.5 Å². The third-order valence-electron chi connectivity index (χ3n) is 3.90. The summed E-state index contributed by atoms with van der Waals surface area (Å²) in [6, 6.07) is 15.4. The third kappa shape index (κ3) is 3.75. The second kappa shape index (κ2) is 6.89. The Kier molecular flexibility index (Phi) is 4.68. The van der Waals surface area contributed by atoms with Gasteiger partial charge in [0.05, 0.1) is 0 Å². The number of aryl methyl sites for hydroxylation is 1. The first kappa shape index (κ1) is 15.6. The third-order valence-corrected chi connectivity index (χ3v) is 5.06. The van der Waals surface area contributed by atoms with E-state index >= 15 is 0 Å². The summed E-state index contributed by atoms with van der Waals surface area (Å²) < 4.78 is 0. The van der Waals surface area contributed by atoms with E-state index < -0.39 is 0 Å². The van der Waals surface area contributed by atoms with Gasteiger partial charge in [-0.3, -0.25) is 9.59 Å². The zero-order valence-electron chi connectivity index (χ0n) is 12.9. The smallest absolute Gasteiger partial charge is 0.246 e. The van der Waals surface area contributed by atoms with Gasteiger partial charge in [0, 0.05) is 16.8 Å². The summed E-state index contributed by atoms with van der Waals surface area (Å²) in [4.78, 5) is 23.9. The minimum absolute atomic E-state index is 0.0246. The first-order valence-corrected chi connectivity index (χ1v) is 8.64. The van der Waals surface area contributed by atoms with Crippen LogP contribution in [0.4, 0.5) is 0 Å². The standard InChI is InChI=1S/C19H18NO2P/c1-13-7-8-14(11-16-9-10-18(21)20-23-16)12-17(13)19(22)15-5-3-2-4-6-15/h2-10,12,16,23H,11H2,1H3,(H,20,21). The lowest BCUT2D eigenvalue weighted by Crippen LogP contribution is -2.21. The summed E-state index contributed by atoms with van der Waals surface area (Å²) >= 11 is 0. The molecule has 1 amide bonds. The maximum Gasteiger partial charge on any atom is 0.246 e. The van der Waals surface area contributed by atoms with E-state index in [9.17, 15) is 9.59 Å². The molecule has 0 saturated carbocycles. The number of nitrogens with one attached hydrogen (secondary N) is 1. The Morgan fingerprint density at radius 2 is 1.96 bits per heavy atom. The molecule has 1 N–H and O–H groups in total. The van der Waals surface area contributed by atoms with Crippen LogP contribution in [-0.2, 0) is 11.2 Å². The van der Waals surface area contributed by atoms with E-state index in [0.717, 1.165) is 23.1 Å². The Morgan fingerprint density at radius 3 is 2.65 bits per heavy atom. The minimum Gasteiger partial charge on any atom is -0.334 e. The largest absolute Gasteiger partial charge is 0.334 e. The van der Waals surface area contributed by atoms with Crippen molar-refractivity contribution in [2.45, 2.75) is 19.0 Å². The molecule has 2 atom stereocenters. The summed E-state index contributed by atoms with van der Waals surface area (Å²) in [7, 11) is 0.389. The lowest BCUT2D eigenvalue weighted by molar-refractivity contribution is -0.114. The maximum absolute atomic E-state index is 12.7. The number of rotatable bonds is 4. The quantitative estimate of drug-likeness (QED) is 0.692. The minimum atomic E-state index is -0.0246. The van der Waals surface area contributed by atoms with Crippen LogP contribution in [0.15, 0.2) is 60.7 Å². The maximum atomic E-state index is 12.7. The van der Waals surface area contributed by atoms with Crippen molar-refractivity contribution in [2.75, 3.05) is 0 Å². The van der Waals surface area contributed by atoms with Crippen LogP contribution in [0.1, 0.15) is 27.0 Å². The molecule has 2 aromatic carbocycles. The number of ketones is 1. The number of allylic oxidation sites excluding steroid dienone is 1. The molecule has 2 unspecified atom stereocenters. The van der Waals surface area contributed by atoms with Crippen molar-refractivity contribution in [1.29, 1.82) is 0 Å². The number of benzene rings is 2. The van der Waals surface area contributed by atoms with Crippen molar-refractivity contribution in [2.24, 2.45) is 0 Å². The second-order valence-corrected chi connectivity index (χ2v) is 6.93. The number of hydrogen-bond acceptors (Lipinski definition) is 2. The van der Waals surface area contributed by atoms with Crippen LogP contribution in [0.2, 0.25) is 0 Å². The van der Waals surface area contributed by atoms with Gasteiger partial charge in [0.25, 0.3) is 0 Å². The zero-order valence-corrected chi connectivity index (χ0v) is 13.9. The topological polar surface area (TPSA) is 46.2 Å². The van der Waals surface area contributed by atoms with Gasteiger partial charge in [0.1, 0.15) is 0 Å². The number of amides is 1. The molecule has 116 valence electrons. The molecule has 0 spiro atoms. The lowest BCUT2D eigenvalue weighted by Gasteiger charge is -2.17. The Hall–Kier alpha value is -2.25.